The van der Waals surface area contributed by atoms with E-state index in [1.807, 2.05) is 0 Å². The number of rotatable bonds is 5. The topological polar surface area (TPSA) is 46.6 Å². The normalized spacial score (nSPS) is 23.4. The molecule has 0 bridgehead atoms. The second kappa shape index (κ2) is 9.12. The second-order valence-corrected chi connectivity index (χ2v) is 10.3. The number of ether oxygens (including phenoxy) is 1. The van der Waals surface area contributed by atoms with Crippen molar-refractivity contribution >= 4 is 9.84 Å². The molecule has 0 atom stereocenters. The molecule has 1 aliphatic heterocycles. The Kier molecular flexibility index (Phi) is 6.51. The first kappa shape index (κ1) is 21.4. The standard InChI is InChI=1S/C23H27F2NO3S/c24-19-5-10-22(23(25)15-19)18-3-8-21(9-4-18)30(27,28)16-17-1-6-20(7-2-17)26-11-13-29-14-12-26/h3-5,8-10,15,17,20H,1-2,6-7,11-14,16H2. The number of sulfone groups is 1. The summed E-state index contributed by atoms with van der Waals surface area (Å²) >= 11 is 0. The smallest absolute Gasteiger partial charge is 0.178 e. The molecule has 162 valence electrons. The minimum atomic E-state index is -3.41. The fraction of sp³-hybridized carbons (Fsp3) is 0.478. The average Bonchev–Trinajstić information content (AvgIpc) is 2.75. The zero-order chi connectivity index (χ0) is 21.1. The summed E-state index contributed by atoms with van der Waals surface area (Å²) in [4.78, 5) is 2.73. The maximum atomic E-state index is 14.0. The van der Waals surface area contributed by atoms with Crippen LogP contribution in [0.1, 0.15) is 25.7 Å². The summed E-state index contributed by atoms with van der Waals surface area (Å²) in [6, 6.07) is 10.1. The van der Waals surface area contributed by atoms with E-state index >= 15 is 0 Å². The summed E-state index contributed by atoms with van der Waals surface area (Å²) in [5.41, 5.74) is 0.777. The van der Waals surface area contributed by atoms with E-state index < -0.39 is 21.5 Å². The van der Waals surface area contributed by atoms with Gasteiger partial charge in [0.2, 0.25) is 0 Å². The predicted molar refractivity (Wildman–Crippen MR) is 112 cm³/mol. The molecule has 0 radical (unpaired) electrons. The van der Waals surface area contributed by atoms with E-state index in [0.29, 0.717) is 11.6 Å². The van der Waals surface area contributed by atoms with E-state index in [0.717, 1.165) is 58.1 Å². The number of benzene rings is 2. The van der Waals surface area contributed by atoms with Crippen molar-refractivity contribution in [2.24, 2.45) is 5.92 Å². The highest BCUT2D eigenvalue weighted by atomic mass is 32.2. The van der Waals surface area contributed by atoms with Crippen molar-refractivity contribution in [3.63, 3.8) is 0 Å². The molecule has 0 unspecified atom stereocenters. The molecule has 7 heteroatoms. The van der Waals surface area contributed by atoms with Gasteiger partial charge in [0.25, 0.3) is 0 Å². The van der Waals surface area contributed by atoms with Crippen LogP contribution in [0.2, 0.25) is 0 Å². The Morgan fingerprint density at radius 3 is 2.23 bits per heavy atom. The van der Waals surface area contributed by atoms with Crippen LogP contribution in [0.3, 0.4) is 0 Å². The van der Waals surface area contributed by atoms with E-state index in [4.69, 9.17) is 4.74 Å². The average molecular weight is 436 g/mol. The van der Waals surface area contributed by atoms with Gasteiger partial charge in [-0.2, -0.15) is 0 Å². The zero-order valence-corrected chi connectivity index (χ0v) is 17.7. The Labute approximate surface area is 176 Å². The van der Waals surface area contributed by atoms with Crippen molar-refractivity contribution < 1.29 is 21.9 Å². The zero-order valence-electron chi connectivity index (χ0n) is 16.9. The lowest BCUT2D eigenvalue weighted by Crippen LogP contribution is -2.45. The molecule has 2 aromatic carbocycles. The molecule has 0 amide bonds. The van der Waals surface area contributed by atoms with Gasteiger partial charge in [0.05, 0.1) is 23.9 Å². The number of morpholine rings is 1. The Balaban J connectivity index is 1.38. The number of hydrogen-bond donors (Lipinski definition) is 0. The summed E-state index contributed by atoms with van der Waals surface area (Å²) < 4.78 is 58.3. The summed E-state index contributed by atoms with van der Waals surface area (Å²) in [5, 5.41) is 0. The fourth-order valence-corrected chi connectivity index (χ4v) is 6.29. The van der Waals surface area contributed by atoms with Crippen molar-refractivity contribution in [1.82, 2.24) is 4.90 Å². The molecule has 30 heavy (non-hydrogen) atoms. The van der Waals surface area contributed by atoms with Gasteiger partial charge in [-0.3, -0.25) is 4.90 Å². The van der Waals surface area contributed by atoms with Gasteiger partial charge in [0.15, 0.2) is 9.84 Å². The molecule has 2 aliphatic rings. The van der Waals surface area contributed by atoms with Crippen LogP contribution in [-0.4, -0.2) is 51.4 Å². The molecule has 1 heterocycles. The molecule has 1 aliphatic carbocycles. The molecule has 0 N–H and O–H groups in total. The second-order valence-electron chi connectivity index (χ2n) is 8.25. The predicted octanol–water partition coefficient (Wildman–Crippen LogP) is 4.30. The SMILES string of the molecule is O=S(=O)(CC1CCC(N2CCOCC2)CC1)c1ccc(-c2ccc(F)cc2F)cc1. The highest BCUT2D eigenvalue weighted by Gasteiger charge is 2.30. The van der Waals surface area contributed by atoms with E-state index in [2.05, 4.69) is 4.90 Å². The van der Waals surface area contributed by atoms with Crippen LogP contribution in [0, 0.1) is 17.6 Å². The van der Waals surface area contributed by atoms with Crippen LogP contribution in [0.15, 0.2) is 47.4 Å². The Hall–Kier alpha value is -1.83. The van der Waals surface area contributed by atoms with Crippen LogP contribution < -0.4 is 0 Å². The molecule has 1 saturated carbocycles. The molecular weight excluding hydrogens is 408 g/mol. The minimum absolute atomic E-state index is 0.146. The van der Waals surface area contributed by atoms with E-state index in [1.54, 1.807) is 12.1 Å². The van der Waals surface area contributed by atoms with Gasteiger partial charge in [-0.1, -0.05) is 12.1 Å². The van der Waals surface area contributed by atoms with Crippen LogP contribution in [0.4, 0.5) is 8.78 Å². The molecule has 2 fully saturated rings. The van der Waals surface area contributed by atoms with E-state index in [-0.39, 0.29) is 22.1 Å². The quantitative estimate of drug-likeness (QED) is 0.703. The number of nitrogens with zero attached hydrogens (tertiary/aromatic N) is 1. The number of halogens is 2. The van der Waals surface area contributed by atoms with Gasteiger partial charge in [0.1, 0.15) is 11.6 Å². The van der Waals surface area contributed by atoms with Crippen LogP contribution in [-0.2, 0) is 14.6 Å². The fourth-order valence-electron chi connectivity index (χ4n) is 4.59. The van der Waals surface area contributed by atoms with Gasteiger partial charge >= 0.3 is 0 Å². The van der Waals surface area contributed by atoms with Crippen molar-refractivity contribution in [2.45, 2.75) is 36.6 Å². The molecule has 4 nitrogen and oxygen atoms in total. The molecule has 0 aromatic heterocycles. The maximum absolute atomic E-state index is 14.0. The van der Waals surface area contributed by atoms with Gasteiger partial charge in [-0.25, -0.2) is 17.2 Å². The van der Waals surface area contributed by atoms with Gasteiger partial charge in [-0.05, 0) is 61.4 Å². The summed E-state index contributed by atoms with van der Waals surface area (Å²) in [6.07, 6.45) is 3.90. The first-order valence-electron chi connectivity index (χ1n) is 10.5. The molecule has 4 rings (SSSR count). The number of hydrogen-bond acceptors (Lipinski definition) is 4. The van der Waals surface area contributed by atoms with Gasteiger partial charge in [0, 0.05) is 30.8 Å². The van der Waals surface area contributed by atoms with Crippen LogP contribution >= 0.6 is 0 Å². The van der Waals surface area contributed by atoms with E-state index in [9.17, 15) is 17.2 Å². The van der Waals surface area contributed by atoms with Crippen molar-refractivity contribution in [3.05, 3.63) is 54.1 Å². The highest BCUT2D eigenvalue weighted by molar-refractivity contribution is 7.91. The Morgan fingerprint density at radius 2 is 1.60 bits per heavy atom. The first-order valence-corrected chi connectivity index (χ1v) is 12.2. The van der Waals surface area contributed by atoms with Crippen molar-refractivity contribution in [1.29, 1.82) is 0 Å². The largest absolute Gasteiger partial charge is 0.379 e. The van der Waals surface area contributed by atoms with Crippen molar-refractivity contribution in [2.75, 3.05) is 32.1 Å². The third-order valence-electron chi connectivity index (χ3n) is 6.29. The molecule has 0 spiro atoms. The molecule has 1 saturated heterocycles. The molecule has 2 aromatic rings. The lowest BCUT2D eigenvalue weighted by Gasteiger charge is -2.38. The maximum Gasteiger partial charge on any atom is 0.178 e. The lowest BCUT2D eigenvalue weighted by molar-refractivity contribution is 0.00569. The van der Waals surface area contributed by atoms with E-state index in [1.165, 1.54) is 24.3 Å². The highest BCUT2D eigenvalue weighted by Crippen LogP contribution is 2.31. The third-order valence-corrected chi connectivity index (χ3v) is 8.19. The Morgan fingerprint density at radius 1 is 0.933 bits per heavy atom. The third kappa shape index (κ3) is 4.90. The van der Waals surface area contributed by atoms with Crippen molar-refractivity contribution in [3.8, 4) is 11.1 Å². The van der Waals surface area contributed by atoms with Crippen LogP contribution in [0.5, 0.6) is 0 Å². The monoisotopic (exact) mass is 435 g/mol. The van der Waals surface area contributed by atoms with Gasteiger partial charge in [-0.15, -0.1) is 0 Å². The van der Waals surface area contributed by atoms with Crippen LogP contribution in [0.25, 0.3) is 11.1 Å². The summed E-state index contributed by atoms with van der Waals surface area (Å²) in [6.45, 7) is 3.50. The first-order chi connectivity index (χ1) is 14.4. The molecular formula is C23H27F2NO3S. The Bertz CT molecular complexity index is 964. The summed E-state index contributed by atoms with van der Waals surface area (Å²) in [7, 11) is -3.41. The van der Waals surface area contributed by atoms with Gasteiger partial charge < -0.3 is 4.74 Å². The minimum Gasteiger partial charge on any atom is -0.379 e. The summed E-state index contributed by atoms with van der Waals surface area (Å²) in [5.74, 6) is -0.990. The lowest BCUT2D eigenvalue weighted by atomic mass is 9.86.